The fourth-order valence-corrected chi connectivity index (χ4v) is 3.11. The normalized spacial score (nSPS) is 11.6. The highest BCUT2D eigenvalue weighted by Gasteiger charge is 2.37. The molecule has 0 aliphatic rings. The van der Waals surface area contributed by atoms with Crippen LogP contribution >= 0.6 is 0 Å². The number of hydrogen-bond acceptors (Lipinski definition) is 4. The molecule has 0 atom stereocenters. The summed E-state index contributed by atoms with van der Waals surface area (Å²) in [6, 6.07) is 0.771. The Bertz CT molecular complexity index is 151. The van der Waals surface area contributed by atoms with Crippen LogP contribution in [0.1, 0.15) is 12.8 Å². The molecule has 0 heterocycles. The van der Waals surface area contributed by atoms with E-state index in [1.54, 1.807) is 14.2 Å². The fraction of sp³-hybridized carbons (Fsp3) is 0.778. The molecule has 0 aromatic carbocycles. The summed E-state index contributed by atoms with van der Waals surface area (Å²) in [5.41, 5.74) is 5.44. The van der Waals surface area contributed by atoms with Crippen molar-refractivity contribution in [3.05, 3.63) is 12.7 Å². The van der Waals surface area contributed by atoms with Crippen LogP contribution in [0.2, 0.25) is 6.04 Å². The second-order valence-electron chi connectivity index (χ2n) is 2.91. The molecular formula is C9H21NO3Si. The highest BCUT2D eigenvalue weighted by Crippen LogP contribution is 2.15. The molecule has 0 saturated carbocycles. The van der Waals surface area contributed by atoms with Gasteiger partial charge in [-0.3, -0.25) is 0 Å². The Labute approximate surface area is 87.4 Å². The van der Waals surface area contributed by atoms with Crippen molar-refractivity contribution in [3.8, 4) is 0 Å². The number of rotatable bonds is 9. The van der Waals surface area contributed by atoms with Crippen LogP contribution < -0.4 is 5.73 Å². The van der Waals surface area contributed by atoms with E-state index in [1.165, 1.54) is 0 Å². The van der Waals surface area contributed by atoms with Gasteiger partial charge in [0.05, 0.1) is 0 Å². The predicted molar refractivity (Wildman–Crippen MR) is 59.0 cm³/mol. The first-order valence-electron chi connectivity index (χ1n) is 4.80. The Kier molecular flexibility index (Phi) is 8.02. The van der Waals surface area contributed by atoms with Crippen molar-refractivity contribution in [2.45, 2.75) is 18.9 Å². The van der Waals surface area contributed by atoms with Crippen LogP contribution in [0.3, 0.4) is 0 Å². The van der Waals surface area contributed by atoms with Gasteiger partial charge in [-0.1, -0.05) is 6.08 Å². The maximum atomic E-state index is 5.64. The van der Waals surface area contributed by atoms with E-state index in [9.17, 15) is 0 Å². The third-order valence-electron chi connectivity index (χ3n) is 1.95. The van der Waals surface area contributed by atoms with Crippen molar-refractivity contribution < 1.29 is 13.3 Å². The second kappa shape index (κ2) is 8.13. The lowest BCUT2D eigenvalue weighted by Crippen LogP contribution is -2.44. The molecule has 0 aromatic rings. The summed E-state index contributed by atoms with van der Waals surface area (Å²) in [6.07, 6.45) is 3.49. The van der Waals surface area contributed by atoms with Gasteiger partial charge in [0.1, 0.15) is 0 Å². The lowest BCUT2D eigenvalue weighted by Gasteiger charge is -2.25. The Morgan fingerprint density at radius 2 is 2.00 bits per heavy atom. The minimum Gasteiger partial charge on any atom is -0.377 e. The Balaban J connectivity index is 3.99. The molecule has 0 amide bonds. The largest absolute Gasteiger partial charge is 0.500 e. The van der Waals surface area contributed by atoms with Gasteiger partial charge in [-0.15, -0.1) is 6.58 Å². The molecule has 0 radical (unpaired) electrons. The lowest BCUT2D eigenvalue weighted by molar-refractivity contribution is 0.0997. The standard InChI is InChI=1S/C9H21NO3Si/c1-4-5-8-13-14(11-2,12-3)9-6-7-10/h4H,1,5-10H2,2-3H3. The molecule has 2 N–H and O–H groups in total. The zero-order chi connectivity index (χ0) is 10.9. The van der Waals surface area contributed by atoms with Crippen molar-refractivity contribution in [1.29, 1.82) is 0 Å². The molecule has 0 aliphatic carbocycles. The summed E-state index contributed by atoms with van der Waals surface area (Å²) in [5, 5.41) is 0. The maximum absolute atomic E-state index is 5.64. The quantitative estimate of drug-likeness (QED) is 0.359. The predicted octanol–water partition coefficient (Wildman–Crippen LogP) is 1.16. The molecule has 0 aromatic heterocycles. The van der Waals surface area contributed by atoms with Crippen molar-refractivity contribution in [1.82, 2.24) is 0 Å². The molecular weight excluding hydrogens is 198 g/mol. The first kappa shape index (κ1) is 13.8. The molecule has 4 nitrogen and oxygen atoms in total. The Morgan fingerprint density at radius 1 is 1.36 bits per heavy atom. The number of nitrogens with two attached hydrogens (primary N) is 1. The van der Waals surface area contributed by atoms with Crippen molar-refractivity contribution in [2.24, 2.45) is 5.73 Å². The SMILES string of the molecule is C=CCCO[Si](CCCN)(OC)OC. The van der Waals surface area contributed by atoms with Gasteiger partial charge in [-0.2, -0.15) is 0 Å². The maximum Gasteiger partial charge on any atom is 0.500 e. The van der Waals surface area contributed by atoms with E-state index in [-0.39, 0.29) is 0 Å². The van der Waals surface area contributed by atoms with Crippen LogP contribution in [-0.2, 0) is 13.3 Å². The zero-order valence-corrected chi connectivity index (χ0v) is 10.1. The van der Waals surface area contributed by atoms with E-state index in [0.717, 1.165) is 18.9 Å². The van der Waals surface area contributed by atoms with Gasteiger partial charge in [0.25, 0.3) is 0 Å². The van der Waals surface area contributed by atoms with Crippen LogP contribution in [0, 0.1) is 0 Å². The van der Waals surface area contributed by atoms with Gasteiger partial charge < -0.3 is 19.0 Å². The smallest absolute Gasteiger partial charge is 0.377 e. The summed E-state index contributed by atoms with van der Waals surface area (Å²) in [6.45, 7) is 4.86. The summed E-state index contributed by atoms with van der Waals surface area (Å²) in [5.74, 6) is 0. The number of hydrogen-bond donors (Lipinski definition) is 1. The van der Waals surface area contributed by atoms with Gasteiger partial charge in [0.2, 0.25) is 0 Å². The minimum atomic E-state index is -2.43. The molecule has 5 heteroatoms. The Hall–Kier alpha value is -0.203. The second-order valence-corrected chi connectivity index (χ2v) is 5.88. The van der Waals surface area contributed by atoms with Crippen LogP contribution in [-0.4, -0.2) is 36.2 Å². The van der Waals surface area contributed by atoms with E-state index in [1.807, 2.05) is 6.08 Å². The van der Waals surface area contributed by atoms with Gasteiger partial charge in [0, 0.05) is 26.9 Å². The van der Waals surface area contributed by atoms with E-state index < -0.39 is 8.80 Å². The lowest BCUT2D eigenvalue weighted by atomic mass is 10.5. The Morgan fingerprint density at radius 3 is 2.43 bits per heavy atom. The van der Waals surface area contributed by atoms with Crippen molar-refractivity contribution in [3.63, 3.8) is 0 Å². The average molecular weight is 219 g/mol. The van der Waals surface area contributed by atoms with E-state index in [0.29, 0.717) is 13.2 Å². The summed E-state index contributed by atoms with van der Waals surface area (Å²) in [7, 11) is 0.821. The molecule has 84 valence electrons. The first-order valence-corrected chi connectivity index (χ1v) is 6.73. The molecule has 0 saturated heterocycles. The topological polar surface area (TPSA) is 53.7 Å². The molecule has 0 bridgehead atoms. The highest BCUT2D eigenvalue weighted by atomic mass is 28.4. The third-order valence-corrected chi connectivity index (χ3v) is 4.81. The molecule has 0 aliphatic heterocycles. The van der Waals surface area contributed by atoms with Gasteiger partial charge >= 0.3 is 8.80 Å². The molecule has 0 fully saturated rings. The van der Waals surface area contributed by atoms with E-state index >= 15 is 0 Å². The highest BCUT2D eigenvalue weighted by molar-refractivity contribution is 6.60. The monoisotopic (exact) mass is 219 g/mol. The summed E-state index contributed by atoms with van der Waals surface area (Å²) >= 11 is 0. The van der Waals surface area contributed by atoms with Crippen LogP contribution in [0.25, 0.3) is 0 Å². The van der Waals surface area contributed by atoms with Crippen molar-refractivity contribution in [2.75, 3.05) is 27.4 Å². The zero-order valence-electron chi connectivity index (χ0n) is 9.12. The van der Waals surface area contributed by atoms with E-state index in [2.05, 4.69) is 6.58 Å². The molecule has 14 heavy (non-hydrogen) atoms. The van der Waals surface area contributed by atoms with Crippen molar-refractivity contribution >= 4 is 8.80 Å². The van der Waals surface area contributed by atoms with Gasteiger partial charge in [-0.05, 0) is 19.4 Å². The fourth-order valence-electron chi connectivity index (χ4n) is 1.09. The van der Waals surface area contributed by atoms with Gasteiger partial charge in [-0.25, -0.2) is 0 Å². The summed E-state index contributed by atoms with van der Waals surface area (Å²) in [4.78, 5) is 0. The molecule has 0 rings (SSSR count). The molecule has 0 spiro atoms. The molecule has 0 unspecified atom stereocenters. The third kappa shape index (κ3) is 4.87. The van der Waals surface area contributed by atoms with Gasteiger partial charge in [0.15, 0.2) is 0 Å². The van der Waals surface area contributed by atoms with Crippen LogP contribution in [0.15, 0.2) is 12.7 Å². The average Bonchev–Trinajstić information content (AvgIpc) is 2.24. The first-order chi connectivity index (χ1) is 6.74. The van der Waals surface area contributed by atoms with Crippen LogP contribution in [0.4, 0.5) is 0 Å². The summed E-state index contributed by atoms with van der Waals surface area (Å²) < 4.78 is 16.3. The van der Waals surface area contributed by atoms with E-state index in [4.69, 9.17) is 19.0 Å². The minimum absolute atomic E-state index is 0.599. The van der Waals surface area contributed by atoms with Crippen LogP contribution in [0.5, 0.6) is 0 Å².